The maximum absolute atomic E-state index is 5.81. The largest absolute Gasteiger partial charge is 0.365 e. The summed E-state index contributed by atoms with van der Waals surface area (Å²) in [6.45, 7) is 5.00. The molecule has 96 valence electrons. The van der Waals surface area contributed by atoms with E-state index < -0.39 is 0 Å². The van der Waals surface area contributed by atoms with Gasteiger partial charge in [-0.15, -0.1) is 0 Å². The van der Waals surface area contributed by atoms with Crippen molar-refractivity contribution in [3.05, 3.63) is 30.6 Å². The predicted octanol–water partition coefficient (Wildman–Crippen LogP) is 2.42. The van der Waals surface area contributed by atoms with Crippen LogP contribution in [-0.4, -0.2) is 22.6 Å². The van der Waals surface area contributed by atoms with Gasteiger partial charge < -0.3 is 11.1 Å². The second-order valence-corrected chi connectivity index (χ2v) is 4.95. The van der Waals surface area contributed by atoms with E-state index in [2.05, 4.69) is 29.1 Å². The maximum atomic E-state index is 5.81. The van der Waals surface area contributed by atoms with Gasteiger partial charge >= 0.3 is 0 Å². The third kappa shape index (κ3) is 2.96. The lowest BCUT2D eigenvalue weighted by atomic mass is 10.0. The van der Waals surface area contributed by atoms with Crippen LogP contribution in [0.1, 0.15) is 20.3 Å². The van der Waals surface area contributed by atoms with Crippen LogP contribution in [0, 0.1) is 5.92 Å². The first-order chi connectivity index (χ1) is 8.70. The number of anilines is 1. The Balaban J connectivity index is 2.25. The number of hydrogen-bond acceptors (Lipinski definition) is 4. The first-order valence-electron chi connectivity index (χ1n) is 6.37. The molecule has 0 saturated carbocycles. The smallest absolute Gasteiger partial charge is 0.137 e. The zero-order valence-electron chi connectivity index (χ0n) is 10.9. The van der Waals surface area contributed by atoms with Crippen LogP contribution in [0.5, 0.6) is 0 Å². The standard InChI is InChI=1S/C14H20N4/c1-10(2)7-11(8-15)18-14-12-5-3-4-6-13(12)16-9-17-14/h3-6,9-11H,7-8,15H2,1-2H3,(H,16,17,18). The predicted molar refractivity (Wildman–Crippen MR) is 75.5 cm³/mol. The van der Waals surface area contributed by atoms with Gasteiger partial charge in [-0.3, -0.25) is 0 Å². The Morgan fingerprint density at radius 2 is 2.00 bits per heavy atom. The minimum atomic E-state index is 0.253. The molecule has 1 heterocycles. The van der Waals surface area contributed by atoms with Crippen molar-refractivity contribution in [2.24, 2.45) is 11.7 Å². The van der Waals surface area contributed by atoms with Crippen LogP contribution in [0.2, 0.25) is 0 Å². The van der Waals surface area contributed by atoms with Crippen molar-refractivity contribution in [3.8, 4) is 0 Å². The molecule has 1 aromatic heterocycles. The third-order valence-electron chi connectivity index (χ3n) is 2.92. The highest BCUT2D eigenvalue weighted by Gasteiger charge is 2.11. The molecule has 0 spiro atoms. The number of aromatic nitrogens is 2. The molecule has 0 aliphatic heterocycles. The molecule has 4 heteroatoms. The highest BCUT2D eigenvalue weighted by molar-refractivity contribution is 5.88. The lowest BCUT2D eigenvalue weighted by Gasteiger charge is -2.20. The van der Waals surface area contributed by atoms with E-state index in [4.69, 9.17) is 5.73 Å². The van der Waals surface area contributed by atoms with Crippen LogP contribution in [-0.2, 0) is 0 Å². The fourth-order valence-corrected chi connectivity index (χ4v) is 2.10. The SMILES string of the molecule is CC(C)CC(CN)Nc1ncnc2ccccc12. The van der Waals surface area contributed by atoms with E-state index >= 15 is 0 Å². The van der Waals surface area contributed by atoms with Gasteiger partial charge in [0.15, 0.2) is 0 Å². The Bertz CT molecular complexity index is 505. The molecule has 1 atom stereocenters. The first-order valence-corrected chi connectivity index (χ1v) is 6.37. The summed E-state index contributed by atoms with van der Waals surface area (Å²) in [4.78, 5) is 8.58. The molecule has 0 radical (unpaired) electrons. The Morgan fingerprint density at radius 1 is 1.22 bits per heavy atom. The van der Waals surface area contributed by atoms with Crippen LogP contribution in [0.25, 0.3) is 10.9 Å². The first kappa shape index (κ1) is 12.8. The van der Waals surface area contributed by atoms with Crippen molar-refractivity contribution in [2.45, 2.75) is 26.3 Å². The molecule has 0 fully saturated rings. The summed E-state index contributed by atoms with van der Waals surface area (Å²) < 4.78 is 0. The molecule has 1 aromatic carbocycles. The van der Waals surface area contributed by atoms with Gasteiger partial charge in [0.25, 0.3) is 0 Å². The van der Waals surface area contributed by atoms with E-state index in [0.29, 0.717) is 12.5 Å². The summed E-state index contributed by atoms with van der Waals surface area (Å²) >= 11 is 0. The Morgan fingerprint density at radius 3 is 2.72 bits per heavy atom. The average Bonchev–Trinajstić information content (AvgIpc) is 2.38. The van der Waals surface area contributed by atoms with E-state index in [0.717, 1.165) is 23.1 Å². The molecule has 0 aliphatic rings. The van der Waals surface area contributed by atoms with Crippen LogP contribution >= 0.6 is 0 Å². The van der Waals surface area contributed by atoms with Crippen LogP contribution in [0.4, 0.5) is 5.82 Å². The number of fused-ring (bicyclic) bond motifs is 1. The highest BCUT2D eigenvalue weighted by atomic mass is 15.0. The lowest BCUT2D eigenvalue weighted by Crippen LogP contribution is -2.30. The number of rotatable bonds is 5. The normalized spacial score (nSPS) is 12.9. The minimum Gasteiger partial charge on any atom is -0.365 e. The van der Waals surface area contributed by atoms with Crippen molar-refractivity contribution in [3.63, 3.8) is 0 Å². The number of para-hydroxylation sites is 1. The van der Waals surface area contributed by atoms with Gasteiger partial charge in [0.05, 0.1) is 5.52 Å². The summed E-state index contributed by atoms with van der Waals surface area (Å²) in [5.41, 5.74) is 6.76. The number of benzene rings is 1. The molecule has 4 nitrogen and oxygen atoms in total. The van der Waals surface area contributed by atoms with E-state index in [1.807, 2.05) is 24.3 Å². The zero-order chi connectivity index (χ0) is 13.0. The molecule has 0 aliphatic carbocycles. The monoisotopic (exact) mass is 244 g/mol. The summed E-state index contributed by atoms with van der Waals surface area (Å²) in [6, 6.07) is 8.25. The summed E-state index contributed by atoms with van der Waals surface area (Å²) in [5, 5.41) is 4.47. The van der Waals surface area contributed by atoms with E-state index in [1.165, 1.54) is 0 Å². The molecule has 0 amide bonds. The van der Waals surface area contributed by atoms with Gasteiger partial charge in [-0.2, -0.15) is 0 Å². The fraction of sp³-hybridized carbons (Fsp3) is 0.429. The van der Waals surface area contributed by atoms with Crippen LogP contribution in [0.15, 0.2) is 30.6 Å². The molecular weight excluding hydrogens is 224 g/mol. The quantitative estimate of drug-likeness (QED) is 0.847. The number of nitrogens with one attached hydrogen (secondary N) is 1. The maximum Gasteiger partial charge on any atom is 0.137 e. The van der Waals surface area contributed by atoms with Crippen molar-refractivity contribution < 1.29 is 0 Å². The van der Waals surface area contributed by atoms with Gasteiger partial charge in [-0.1, -0.05) is 26.0 Å². The molecule has 3 N–H and O–H groups in total. The number of hydrogen-bond donors (Lipinski definition) is 2. The number of nitrogens with zero attached hydrogens (tertiary/aromatic N) is 2. The van der Waals surface area contributed by atoms with Gasteiger partial charge in [-0.25, -0.2) is 9.97 Å². The van der Waals surface area contributed by atoms with Gasteiger partial charge in [0.2, 0.25) is 0 Å². The van der Waals surface area contributed by atoms with Crippen LogP contribution < -0.4 is 11.1 Å². The molecule has 1 unspecified atom stereocenters. The zero-order valence-corrected chi connectivity index (χ0v) is 10.9. The molecule has 0 saturated heterocycles. The third-order valence-corrected chi connectivity index (χ3v) is 2.92. The van der Waals surface area contributed by atoms with Crippen molar-refractivity contribution in [1.82, 2.24) is 9.97 Å². The summed E-state index contributed by atoms with van der Waals surface area (Å²) in [7, 11) is 0. The Hall–Kier alpha value is -1.68. The lowest BCUT2D eigenvalue weighted by molar-refractivity contribution is 0.521. The molecule has 0 bridgehead atoms. The second kappa shape index (κ2) is 5.78. The van der Waals surface area contributed by atoms with Crippen molar-refractivity contribution in [2.75, 3.05) is 11.9 Å². The van der Waals surface area contributed by atoms with E-state index in [9.17, 15) is 0 Å². The van der Waals surface area contributed by atoms with Crippen molar-refractivity contribution >= 4 is 16.7 Å². The average molecular weight is 244 g/mol. The Kier molecular flexibility index (Phi) is 4.10. The summed E-state index contributed by atoms with van der Waals surface area (Å²) in [6.07, 6.45) is 2.63. The number of nitrogens with two attached hydrogens (primary N) is 1. The molecular formula is C14H20N4. The Labute approximate surface area is 108 Å². The molecule has 18 heavy (non-hydrogen) atoms. The minimum absolute atomic E-state index is 0.253. The van der Waals surface area contributed by atoms with Gasteiger partial charge in [0, 0.05) is 18.0 Å². The molecule has 2 rings (SSSR count). The van der Waals surface area contributed by atoms with Crippen molar-refractivity contribution in [1.29, 1.82) is 0 Å². The fourth-order valence-electron chi connectivity index (χ4n) is 2.10. The second-order valence-electron chi connectivity index (χ2n) is 4.95. The van der Waals surface area contributed by atoms with Crippen LogP contribution in [0.3, 0.4) is 0 Å². The highest BCUT2D eigenvalue weighted by Crippen LogP contribution is 2.20. The van der Waals surface area contributed by atoms with Gasteiger partial charge in [-0.05, 0) is 24.5 Å². The topological polar surface area (TPSA) is 63.8 Å². The van der Waals surface area contributed by atoms with E-state index in [-0.39, 0.29) is 6.04 Å². The van der Waals surface area contributed by atoms with E-state index in [1.54, 1.807) is 6.33 Å². The summed E-state index contributed by atoms with van der Waals surface area (Å²) in [5.74, 6) is 1.48. The molecule has 2 aromatic rings. The van der Waals surface area contributed by atoms with Gasteiger partial charge in [0.1, 0.15) is 12.1 Å².